The normalized spacial score (nSPS) is 17.1. The van der Waals surface area contributed by atoms with Gasteiger partial charge in [-0.1, -0.05) is 29.8 Å². The summed E-state index contributed by atoms with van der Waals surface area (Å²) < 4.78 is 44.2. The Balaban J connectivity index is 1.81. The number of hydrogen-bond donors (Lipinski definition) is 2. The van der Waals surface area contributed by atoms with E-state index in [4.69, 9.17) is 42.4 Å². The number of methoxy groups -OCH3 is 2. The standard InChI is InChI=1S/C27H31Cl2N5O6S/c1-6-17(35)7-16-12-40-13-20(16)33-27-30-10-15-8-18(23-24(28)21(38-4)9-22(39-5)25(23)29)32-19(26(15)34-27)11-31-41(36,37)14(2)3/h6,8-10,14,16,20,31H,1,7,11-13H2,2-5H3,(H,30,33,34)/t16-,20+/m0/s1. The van der Waals surface area contributed by atoms with E-state index in [1.165, 1.54) is 20.3 Å². The Morgan fingerprint density at radius 1 is 1.17 bits per heavy atom. The van der Waals surface area contributed by atoms with E-state index in [0.29, 0.717) is 52.6 Å². The third-order valence-corrected chi connectivity index (χ3v) is 9.27. The number of halogens is 2. The van der Waals surface area contributed by atoms with Gasteiger partial charge in [0.2, 0.25) is 16.0 Å². The zero-order chi connectivity index (χ0) is 29.9. The van der Waals surface area contributed by atoms with Crippen LogP contribution in [0.2, 0.25) is 10.0 Å². The third-order valence-electron chi connectivity index (χ3n) is 6.73. The quantitative estimate of drug-likeness (QED) is 0.278. The summed E-state index contributed by atoms with van der Waals surface area (Å²) in [7, 11) is -0.696. The van der Waals surface area contributed by atoms with Crippen LogP contribution in [0.25, 0.3) is 22.2 Å². The topological polar surface area (TPSA) is 142 Å². The minimum absolute atomic E-state index is 0.0744. The summed E-state index contributed by atoms with van der Waals surface area (Å²) in [5.41, 5.74) is 1.43. The molecule has 11 nitrogen and oxygen atoms in total. The maximum Gasteiger partial charge on any atom is 0.223 e. The van der Waals surface area contributed by atoms with E-state index in [-0.39, 0.29) is 46.7 Å². The zero-order valence-corrected chi connectivity index (χ0v) is 25.4. The van der Waals surface area contributed by atoms with Gasteiger partial charge in [-0.3, -0.25) is 4.79 Å². The fourth-order valence-electron chi connectivity index (χ4n) is 4.34. The van der Waals surface area contributed by atoms with Crippen LogP contribution in [-0.4, -0.2) is 67.9 Å². The van der Waals surface area contributed by atoms with Crippen molar-refractivity contribution in [1.82, 2.24) is 19.7 Å². The molecular weight excluding hydrogens is 593 g/mol. The minimum Gasteiger partial charge on any atom is -0.495 e. The average Bonchev–Trinajstić information content (AvgIpc) is 3.37. The molecule has 0 radical (unpaired) electrons. The van der Waals surface area contributed by atoms with Crippen LogP contribution in [0.4, 0.5) is 5.95 Å². The zero-order valence-electron chi connectivity index (χ0n) is 23.0. The van der Waals surface area contributed by atoms with E-state index in [1.54, 1.807) is 32.2 Å². The smallest absolute Gasteiger partial charge is 0.223 e. The number of benzene rings is 1. The number of carbonyl (C=O) groups is 1. The van der Waals surface area contributed by atoms with Crippen LogP contribution in [0.5, 0.6) is 11.5 Å². The van der Waals surface area contributed by atoms with Gasteiger partial charge < -0.3 is 19.5 Å². The van der Waals surface area contributed by atoms with Gasteiger partial charge in [-0.05, 0) is 26.0 Å². The average molecular weight is 625 g/mol. The largest absolute Gasteiger partial charge is 0.495 e. The molecule has 2 aromatic heterocycles. The number of carbonyl (C=O) groups excluding carboxylic acids is 1. The summed E-state index contributed by atoms with van der Waals surface area (Å²) in [6, 6.07) is 3.07. The van der Waals surface area contributed by atoms with E-state index in [2.05, 4.69) is 26.6 Å². The van der Waals surface area contributed by atoms with E-state index in [1.807, 2.05) is 0 Å². The van der Waals surface area contributed by atoms with Gasteiger partial charge in [0.1, 0.15) is 11.5 Å². The van der Waals surface area contributed by atoms with Crippen LogP contribution >= 0.6 is 23.2 Å². The Morgan fingerprint density at radius 3 is 2.46 bits per heavy atom. The lowest BCUT2D eigenvalue weighted by Crippen LogP contribution is -2.31. The van der Waals surface area contributed by atoms with Crippen LogP contribution in [0.3, 0.4) is 0 Å². The van der Waals surface area contributed by atoms with E-state index < -0.39 is 15.3 Å². The molecule has 2 atom stereocenters. The number of nitrogens with one attached hydrogen (secondary N) is 2. The first-order valence-corrected chi connectivity index (χ1v) is 15.0. The predicted molar refractivity (Wildman–Crippen MR) is 158 cm³/mol. The molecule has 14 heteroatoms. The third kappa shape index (κ3) is 6.73. The lowest BCUT2D eigenvalue weighted by atomic mass is 9.97. The van der Waals surface area contributed by atoms with E-state index in [9.17, 15) is 13.2 Å². The number of pyridine rings is 1. The molecule has 1 aliphatic heterocycles. The first-order valence-electron chi connectivity index (χ1n) is 12.7. The molecule has 0 amide bonds. The molecule has 41 heavy (non-hydrogen) atoms. The Labute approximate surface area is 248 Å². The monoisotopic (exact) mass is 623 g/mol. The Bertz CT molecular complexity index is 1560. The van der Waals surface area contributed by atoms with Crippen molar-refractivity contribution in [2.45, 2.75) is 38.1 Å². The van der Waals surface area contributed by atoms with Gasteiger partial charge in [0.05, 0.1) is 72.2 Å². The summed E-state index contributed by atoms with van der Waals surface area (Å²) in [6.45, 7) is 7.34. The molecule has 0 bridgehead atoms. The van der Waals surface area contributed by atoms with Crippen LogP contribution in [0.15, 0.2) is 31.0 Å². The van der Waals surface area contributed by atoms with E-state index >= 15 is 0 Å². The number of aromatic nitrogens is 3. The molecule has 220 valence electrons. The highest BCUT2D eigenvalue weighted by molar-refractivity contribution is 7.90. The number of anilines is 1. The van der Waals surface area contributed by atoms with Crippen molar-refractivity contribution in [2.75, 3.05) is 32.8 Å². The second-order valence-electron chi connectivity index (χ2n) is 9.71. The van der Waals surface area contributed by atoms with Crippen LogP contribution < -0.4 is 19.5 Å². The molecule has 4 rings (SSSR count). The summed E-state index contributed by atoms with van der Waals surface area (Å²) >= 11 is 13.3. The first kappa shape index (κ1) is 30.9. The van der Waals surface area contributed by atoms with Crippen molar-refractivity contribution in [3.05, 3.63) is 46.7 Å². The van der Waals surface area contributed by atoms with Gasteiger partial charge in [-0.25, -0.2) is 28.1 Å². The molecule has 0 unspecified atom stereocenters. The number of ketones is 1. The van der Waals surface area contributed by atoms with Gasteiger partial charge in [-0.15, -0.1) is 0 Å². The van der Waals surface area contributed by atoms with E-state index in [0.717, 1.165) is 0 Å². The van der Waals surface area contributed by atoms with Gasteiger partial charge in [-0.2, -0.15) is 0 Å². The minimum atomic E-state index is -3.63. The highest BCUT2D eigenvalue weighted by atomic mass is 35.5. The van der Waals surface area contributed by atoms with Crippen molar-refractivity contribution in [2.24, 2.45) is 5.92 Å². The number of nitrogens with zero attached hydrogens (tertiary/aromatic N) is 3. The highest BCUT2D eigenvalue weighted by Gasteiger charge is 2.30. The van der Waals surface area contributed by atoms with Gasteiger partial charge >= 0.3 is 0 Å². The molecule has 0 aliphatic carbocycles. The fraction of sp³-hybridized carbons (Fsp3) is 0.407. The summed E-state index contributed by atoms with van der Waals surface area (Å²) in [5.74, 6) is 0.780. The van der Waals surface area contributed by atoms with Gasteiger partial charge in [0.25, 0.3) is 0 Å². The second kappa shape index (κ2) is 12.9. The molecule has 1 saturated heterocycles. The van der Waals surface area contributed by atoms with Crippen molar-refractivity contribution in [1.29, 1.82) is 0 Å². The van der Waals surface area contributed by atoms with Gasteiger partial charge in [0.15, 0.2) is 5.78 Å². The molecule has 3 heterocycles. The second-order valence-corrected chi connectivity index (χ2v) is 12.8. The van der Waals surface area contributed by atoms with Crippen molar-refractivity contribution < 1.29 is 27.4 Å². The molecule has 2 N–H and O–H groups in total. The lowest BCUT2D eigenvalue weighted by Gasteiger charge is -2.19. The maximum absolute atomic E-state index is 12.6. The fourth-order valence-corrected chi connectivity index (χ4v) is 5.71. The summed E-state index contributed by atoms with van der Waals surface area (Å²) in [5, 5.41) is 3.57. The predicted octanol–water partition coefficient (Wildman–Crippen LogP) is 4.42. The number of sulfonamides is 1. The summed E-state index contributed by atoms with van der Waals surface area (Å²) in [6.07, 6.45) is 3.18. The molecular formula is C27H31Cl2N5O6S. The number of ether oxygens (including phenoxy) is 3. The first-order chi connectivity index (χ1) is 19.5. The highest BCUT2D eigenvalue weighted by Crippen LogP contribution is 2.46. The van der Waals surface area contributed by atoms with Crippen LogP contribution in [0.1, 0.15) is 26.0 Å². The number of hydrogen-bond acceptors (Lipinski definition) is 10. The molecule has 1 aliphatic rings. The molecule has 0 saturated carbocycles. The Kier molecular flexibility index (Phi) is 9.70. The molecule has 1 fully saturated rings. The van der Waals surface area contributed by atoms with Crippen LogP contribution in [0, 0.1) is 5.92 Å². The van der Waals surface area contributed by atoms with Gasteiger partial charge in [0, 0.05) is 35.6 Å². The maximum atomic E-state index is 12.6. The Morgan fingerprint density at radius 2 is 1.85 bits per heavy atom. The van der Waals surface area contributed by atoms with Crippen LogP contribution in [-0.2, 0) is 26.1 Å². The molecule has 0 spiro atoms. The van der Waals surface area contributed by atoms with Crippen molar-refractivity contribution in [3.8, 4) is 22.8 Å². The Hall–Kier alpha value is -3.03. The van der Waals surface area contributed by atoms with Crippen molar-refractivity contribution >= 4 is 55.9 Å². The number of allylic oxidation sites excluding steroid dienone is 1. The molecule has 3 aromatic rings. The summed E-state index contributed by atoms with van der Waals surface area (Å²) in [4.78, 5) is 25.8. The molecule has 1 aromatic carbocycles. The van der Waals surface area contributed by atoms with Crippen molar-refractivity contribution in [3.63, 3.8) is 0 Å². The number of fused-ring (bicyclic) bond motifs is 1. The lowest BCUT2D eigenvalue weighted by molar-refractivity contribution is -0.115. The SMILES string of the molecule is C=CC(=O)C[C@H]1COC[C@H]1Nc1ncc2cc(-c3c(Cl)c(OC)cc(OC)c3Cl)nc(CNS(=O)(=O)C(C)C)c2n1. The number of rotatable bonds is 12.